The Labute approximate surface area is 128 Å². The summed E-state index contributed by atoms with van der Waals surface area (Å²) in [7, 11) is 2.13. The molecule has 0 N–H and O–H groups in total. The summed E-state index contributed by atoms with van der Waals surface area (Å²) >= 11 is 0. The van der Waals surface area contributed by atoms with Gasteiger partial charge in [0.1, 0.15) is 0 Å². The molecule has 2 rings (SSSR count). The van der Waals surface area contributed by atoms with Crippen molar-refractivity contribution >= 4 is 12.0 Å². The summed E-state index contributed by atoms with van der Waals surface area (Å²) in [6.45, 7) is 4.76. The van der Waals surface area contributed by atoms with Gasteiger partial charge in [0, 0.05) is 32.1 Å². The molecule has 1 aliphatic heterocycles. The predicted octanol–water partition coefficient (Wildman–Crippen LogP) is 3.03. The Morgan fingerprint density at radius 1 is 1.38 bits per heavy atom. The van der Waals surface area contributed by atoms with Gasteiger partial charge in [0.2, 0.25) is 5.91 Å². The lowest BCUT2D eigenvalue weighted by atomic mass is 10.2. The lowest BCUT2D eigenvalue weighted by Crippen LogP contribution is -2.42. The number of likely N-dealkylation sites (N-methyl/N-ethyl adjacent to an activating group) is 1. The van der Waals surface area contributed by atoms with Gasteiger partial charge in [-0.15, -0.1) is 0 Å². The largest absolute Gasteiger partial charge is 0.338 e. The Balaban J connectivity index is 1.80. The highest BCUT2D eigenvalue weighted by atomic mass is 16.2. The first kappa shape index (κ1) is 15.8. The van der Waals surface area contributed by atoms with E-state index in [0.29, 0.717) is 18.4 Å². The molecule has 1 saturated heterocycles. The molecule has 1 aromatic carbocycles. The van der Waals surface area contributed by atoms with E-state index in [1.54, 1.807) is 0 Å². The number of amides is 1. The highest BCUT2D eigenvalue weighted by molar-refractivity contribution is 5.76. The monoisotopic (exact) mass is 286 g/mol. The first-order valence-corrected chi connectivity index (χ1v) is 7.90. The summed E-state index contributed by atoms with van der Waals surface area (Å²) < 4.78 is 0. The molecule has 1 heterocycles. The van der Waals surface area contributed by atoms with Gasteiger partial charge in [0.15, 0.2) is 0 Å². The first-order chi connectivity index (χ1) is 10.2. The van der Waals surface area contributed by atoms with Crippen LogP contribution in [0.25, 0.3) is 6.08 Å². The van der Waals surface area contributed by atoms with E-state index < -0.39 is 0 Å². The van der Waals surface area contributed by atoms with Crippen LogP contribution in [-0.4, -0.2) is 48.4 Å². The molecule has 114 valence electrons. The molecule has 1 aromatic rings. The smallest absolute Gasteiger partial charge is 0.222 e. The summed E-state index contributed by atoms with van der Waals surface area (Å²) in [5.41, 5.74) is 1.23. The minimum Gasteiger partial charge on any atom is -0.338 e. The van der Waals surface area contributed by atoms with Crippen molar-refractivity contribution in [3.63, 3.8) is 0 Å². The zero-order chi connectivity index (χ0) is 15.1. The van der Waals surface area contributed by atoms with Crippen LogP contribution in [0.3, 0.4) is 0 Å². The van der Waals surface area contributed by atoms with E-state index in [1.807, 2.05) is 13.0 Å². The van der Waals surface area contributed by atoms with E-state index >= 15 is 0 Å². The average Bonchev–Trinajstić information content (AvgIpc) is 2.95. The van der Waals surface area contributed by atoms with Crippen LogP contribution in [0.2, 0.25) is 0 Å². The second-order valence-corrected chi connectivity index (χ2v) is 5.77. The normalized spacial score (nSPS) is 18.8. The van der Waals surface area contributed by atoms with E-state index in [2.05, 4.69) is 53.3 Å². The van der Waals surface area contributed by atoms with Gasteiger partial charge in [-0.25, -0.2) is 0 Å². The number of rotatable bonds is 6. The predicted molar refractivity (Wildman–Crippen MR) is 88.0 cm³/mol. The molecular weight excluding hydrogens is 260 g/mol. The maximum absolute atomic E-state index is 11.9. The molecule has 1 aliphatic rings. The van der Waals surface area contributed by atoms with Crippen molar-refractivity contribution in [1.82, 2.24) is 9.80 Å². The molecule has 1 amide bonds. The number of hydrogen-bond donors (Lipinski definition) is 0. The zero-order valence-corrected chi connectivity index (χ0v) is 13.2. The summed E-state index contributed by atoms with van der Waals surface area (Å²) in [4.78, 5) is 16.3. The van der Waals surface area contributed by atoms with Gasteiger partial charge in [-0.1, -0.05) is 49.4 Å². The summed E-state index contributed by atoms with van der Waals surface area (Å²) in [5.74, 6) is 0.297. The van der Waals surface area contributed by atoms with E-state index in [-0.39, 0.29) is 0 Å². The lowest BCUT2D eigenvalue weighted by molar-refractivity contribution is -0.131. The first-order valence-electron chi connectivity index (χ1n) is 7.90. The Morgan fingerprint density at radius 3 is 2.86 bits per heavy atom. The van der Waals surface area contributed by atoms with E-state index in [1.165, 1.54) is 5.56 Å². The molecule has 3 nitrogen and oxygen atoms in total. The zero-order valence-electron chi connectivity index (χ0n) is 13.2. The van der Waals surface area contributed by atoms with Gasteiger partial charge in [-0.2, -0.15) is 0 Å². The minimum atomic E-state index is 0.297. The van der Waals surface area contributed by atoms with Crippen LogP contribution in [0.1, 0.15) is 31.7 Å². The highest BCUT2D eigenvalue weighted by Crippen LogP contribution is 2.18. The fourth-order valence-electron chi connectivity index (χ4n) is 2.92. The van der Waals surface area contributed by atoms with E-state index in [9.17, 15) is 4.79 Å². The van der Waals surface area contributed by atoms with Crippen molar-refractivity contribution in [3.8, 4) is 0 Å². The maximum Gasteiger partial charge on any atom is 0.222 e. The van der Waals surface area contributed by atoms with Crippen LogP contribution < -0.4 is 0 Å². The standard InChI is InChI=1S/C18H26N2O/c1-3-18(21)20-14-8-12-17(20)15-19(2)13-7-11-16-9-5-4-6-10-16/h4-7,9-11,17H,3,8,12-15H2,1-2H3/b11-7+/t17-/m0/s1. The topological polar surface area (TPSA) is 23.6 Å². The number of hydrogen-bond acceptors (Lipinski definition) is 2. The third kappa shape index (κ3) is 4.71. The number of likely N-dealkylation sites (tertiary alicyclic amines) is 1. The summed E-state index contributed by atoms with van der Waals surface area (Å²) in [6, 6.07) is 10.7. The third-order valence-electron chi connectivity index (χ3n) is 4.05. The van der Waals surface area contributed by atoms with Crippen LogP contribution in [0, 0.1) is 0 Å². The van der Waals surface area contributed by atoms with Crippen LogP contribution >= 0.6 is 0 Å². The Hall–Kier alpha value is -1.61. The Kier molecular flexibility index (Phi) is 6.00. The molecule has 3 heteroatoms. The summed E-state index contributed by atoms with van der Waals surface area (Å²) in [6.07, 6.45) is 7.24. The molecule has 1 fully saturated rings. The highest BCUT2D eigenvalue weighted by Gasteiger charge is 2.28. The number of benzene rings is 1. The van der Waals surface area contributed by atoms with Crippen LogP contribution in [-0.2, 0) is 4.79 Å². The van der Waals surface area contributed by atoms with E-state index in [0.717, 1.165) is 32.5 Å². The molecule has 0 radical (unpaired) electrons. The maximum atomic E-state index is 11.9. The summed E-state index contributed by atoms with van der Waals surface area (Å²) in [5, 5.41) is 0. The van der Waals surface area contributed by atoms with Gasteiger partial charge in [0.25, 0.3) is 0 Å². The van der Waals surface area contributed by atoms with Crippen molar-refractivity contribution in [2.75, 3.05) is 26.7 Å². The number of carbonyl (C=O) groups excluding carboxylic acids is 1. The average molecular weight is 286 g/mol. The lowest BCUT2D eigenvalue weighted by Gasteiger charge is -2.28. The van der Waals surface area contributed by atoms with Crippen molar-refractivity contribution in [1.29, 1.82) is 0 Å². The molecule has 21 heavy (non-hydrogen) atoms. The number of carbonyl (C=O) groups is 1. The van der Waals surface area contributed by atoms with Crippen molar-refractivity contribution < 1.29 is 4.79 Å². The minimum absolute atomic E-state index is 0.297. The second-order valence-electron chi connectivity index (χ2n) is 5.77. The van der Waals surface area contributed by atoms with E-state index in [4.69, 9.17) is 0 Å². The second kappa shape index (κ2) is 7.99. The molecule has 0 spiro atoms. The third-order valence-corrected chi connectivity index (χ3v) is 4.05. The van der Waals surface area contributed by atoms with Crippen LogP contribution in [0.4, 0.5) is 0 Å². The molecule has 1 atom stereocenters. The fourth-order valence-corrected chi connectivity index (χ4v) is 2.92. The van der Waals surface area contributed by atoms with Crippen LogP contribution in [0.5, 0.6) is 0 Å². The van der Waals surface area contributed by atoms with Crippen LogP contribution in [0.15, 0.2) is 36.4 Å². The van der Waals surface area contributed by atoms with Gasteiger partial charge in [-0.05, 0) is 25.5 Å². The molecule has 0 saturated carbocycles. The Bertz CT molecular complexity index is 469. The van der Waals surface area contributed by atoms with Gasteiger partial charge in [0.05, 0.1) is 0 Å². The molecule has 0 bridgehead atoms. The quantitative estimate of drug-likeness (QED) is 0.802. The van der Waals surface area contributed by atoms with Gasteiger partial charge in [-0.3, -0.25) is 4.79 Å². The molecule has 0 aromatic heterocycles. The van der Waals surface area contributed by atoms with Crippen molar-refractivity contribution in [2.45, 2.75) is 32.2 Å². The molecule has 0 unspecified atom stereocenters. The molecular formula is C18H26N2O. The van der Waals surface area contributed by atoms with Crippen molar-refractivity contribution in [3.05, 3.63) is 42.0 Å². The fraction of sp³-hybridized carbons (Fsp3) is 0.500. The van der Waals surface area contributed by atoms with Gasteiger partial charge < -0.3 is 9.80 Å². The van der Waals surface area contributed by atoms with Gasteiger partial charge >= 0.3 is 0 Å². The molecule has 0 aliphatic carbocycles. The number of nitrogens with zero attached hydrogens (tertiary/aromatic N) is 2. The SMILES string of the molecule is CCC(=O)N1CCC[C@H]1CN(C)C/C=C/c1ccccc1. The van der Waals surface area contributed by atoms with Crippen molar-refractivity contribution in [2.24, 2.45) is 0 Å². The Morgan fingerprint density at radius 2 is 2.14 bits per heavy atom.